The number of rotatable bonds is 4. The zero-order valence-electron chi connectivity index (χ0n) is 11.7. The van der Waals surface area contributed by atoms with Crippen LogP contribution in [0.1, 0.15) is 6.92 Å². The van der Waals surface area contributed by atoms with Crippen molar-refractivity contribution in [2.75, 3.05) is 10.0 Å². The smallest absolute Gasteiger partial charge is 0.261 e. The average molecular weight is 422 g/mol. The molecule has 0 heterocycles. The number of hydrogen-bond donors (Lipinski definition) is 2. The summed E-state index contributed by atoms with van der Waals surface area (Å²) in [6, 6.07) is 7.48. The van der Waals surface area contributed by atoms with Crippen LogP contribution in [0.5, 0.6) is 0 Å². The summed E-state index contributed by atoms with van der Waals surface area (Å²) in [4.78, 5) is 10.9. The summed E-state index contributed by atoms with van der Waals surface area (Å²) < 4.78 is 40.3. The van der Waals surface area contributed by atoms with Crippen LogP contribution >= 0.6 is 27.5 Å². The van der Waals surface area contributed by atoms with Crippen LogP contribution in [-0.4, -0.2) is 14.3 Å². The molecule has 5 nitrogen and oxygen atoms in total. The molecule has 2 rings (SSSR count). The molecule has 0 aliphatic carbocycles. The first-order valence-corrected chi connectivity index (χ1v) is 8.89. The van der Waals surface area contributed by atoms with Crippen molar-refractivity contribution in [2.24, 2.45) is 0 Å². The quantitative estimate of drug-likeness (QED) is 0.783. The van der Waals surface area contributed by atoms with E-state index in [0.717, 1.165) is 12.1 Å². The summed E-state index contributed by atoms with van der Waals surface area (Å²) in [6.45, 7) is 1.31. The molecule has 23 heavy (non-hydrogen) atoms. The Morgan fingerprint density at radius 1 is 1.17 bits per heavy atom. The van der Waals surface area contributed by atoms with Crippen molar-refractivity contribution in [1.82, 2.24) is 0 Å². The van der Waals surface area contributed by atoms with Crippen molar-refractivity contribution < 1.29 is 17.6 Å². The number of sulfonamides is 1. The van der Waals surface area contributed by atoms with E-state index in [9.17, 15) is 17.6 Å². The van der Waals surface area contributed by atoms with E-state index in [2.05, 4.69) is 26.0 Å². The van der Waals surface area contributed by atoms with Gasteiger partial charge in [0.1, 0.15) is 5.82 Å². The first kappa shape index (κ1) is 17.7. The van der Waals surface area contributed by atoms with Gasteiger partial charge in [0.15, 0.2) is 0 Å². The van der Waals surface area contributed by atoms with Gasteiger partial charge in [-0.2, -0.15) is 0 Å². The fourth-order valence-electron chi connectivity index (χ4n) is 1.73. The molecular weight excluding hydrogens is 411 g/mol. The molecule has 0 spiro atoms. The minimum absolute atomic E-state index is 0.0845. The molecule has 9 heteroatoms. The summed E-state index contributed by atoms with van der Waals surface area (Å²) >= 11 is 9.05. The molecule has 2 aromatic carbocycles. The van der Waals surface area contributed by atoms with Crippen molar-refractivity contribution in [3.05, 3.63) is 51.7 Å². The van der Waals surface area contributed by atoms with E-state index in [-0.39, 0.29) is 26.0 Å². The third-order valence-corrected chi connectivity index (χ3v) is 5.07. The molecule has 0 aromatic heterocycles. The van der Waals surface area contributed by atoms with Crippen LogP contribution in [0.3, 0.4) is 0 Å². The summed E-state index contributed by atoms with van der Waals surface area (Å²) in [5.41, 5.74) is 0.495. The molecule has 0 saturated carbocycles. The minimum Gasteiger partial charge on any atom is -0.325 e. The number of anilines is 2. The highest BCUT2D eigenvalue weighted by molar-refractivity contribution is 9.10. The van der Waals surface area contributed by atoms with Crippen molar-refractivity contribution in [2.45, 2.75) is 11.8 Å². The monoisotopic (exact) mass is 420 g/mol. The molecule has 0 radical (unpaired) electrons. The van der Waals surface area contributed by atoms with E-state index < -0.39 is 15.8 Å². The Hall–Kier alpha value is -1.64. The topological polar surface area (TPSA) is 75.3 Å². The van der Waals surface area contributed by atoms with Gasteiger partial charge in [-0.3, -0.25) is 9.52 Å². The summed E-state index contributed by atoms with van der Waals surface area (Å²) in [5.74, 6) is -0.821. The molecule has 0 atom stereocenters. The summed E-state index contributed by atoms with van der Waals surface area (Å²) in [7, 11) is -3.92. The van der Waals surface area contributed by atoms with Gasteiger partial charge >= 0.3 is 0 Å². The van der Waals surface area contributed by atoms with Crippen LogP contribution in [-0.2, 0) is 14.8 Å². The number of benzene rings is 2. The number of nitrogens with one attached hydrogen (secondary N) is 2. The highest BCUT2D eigenvalue weighted by atomic mass is 79.9. The molecule has 0 unspecified atom stereocenters. The van der Waals surface area contributed by atoms with Gasteiger partial charge in [0.25, 0.3) is 10.0 Å². The van der Waals surface area contributed by atoms with Crippen molar-refractivity contribution in [3.63, 3.8) is 0 Å². The predicted octanol–water partition coefficient (Wildman–Crippen LogP) is 4.00. The van der Waals surface area contributed by atoms with Gasteiger partial charge in [0.2, 0.25) is 5.91 Å². The summed E-state index contributed by atoms with van der Waals surface area (Å²) in [6.07, 6.45) is 0. The lowest BCUT2D eigenvalue weighted by Crippen LogP contribution is -2.14. The summed E-state index contributed by atoms with van der Waals surface area (Å²) in [5, 5.41) is 2.57. The average Bonchev–Trinajstić information content (AvgIpc) is 2.43. The Kier molecular flexibility index (Phi) is 5.28. The van der Waals surface area contributed by atoms with E-state index in [1.165, 1.54) is 31.2 Å². The van der Waals surface area contributed by atoms with E-state index in [4.69, 9.17) is 11.6 Å². The second-order valence-corrected chi connectivity index (χ2v) is 7.50. The van der Waals surface area contributed by atoms with Gasteiger partial charge in [0.05, 0.1) is 21.3 Å². The number of halogens is 3. The Labute approximate surface area is 146 Å². The van der Waals surface area contributed by atoms with Crippen LogP contribution in [0.25, 0.3) is 0 Å². The number of carbonyl (C=O) groups is 1. The van der Waals surface area contributed by atoms with E-state index in [1.54, 1.807) is 0 Å². The lowest BCUT2D eigenvalue weighted by atomic mass is 10.3. The fourth-order valence-corrected chi connectivity index (χ4v) is 3.71. The first-order valence-electron chi connectivity index (χ1n) is 6.24. The highest BCUT2D eigenvalue weighted by Gasteiger charge is 2.17. The van der Waals surface area contributed by atoms with E-state index in [1.807, 2.05) is 0 Å². The van der Waals surface area contributed by atoms with Crippen molar-refractivity contribution in [3.8, 4) is 0 Å². The zero-order chi connectivity index (χ0) is 17.2. The first-order chi connectivity index (χ1) is 10.7. The Morgan fingerprint density at radius 2 is 1.83 bits per heavy atom. The third kappa shape index (κ3) is 4.43. The minimum atomic E-state index is -3.92. The predicted molar refractivity (Wildman–Crippen MR) is 90.7 cm³/mol. The maximum atomic E-state index is 13.0. The Balaban J connectivity index is 2.32. The standard InChI is InChI=1S/C14H11BrClFN2O3S/c1-8(20)18-14-5-3-10(7-12(14)16)23(21,22)19-13-4-2-9(17)6-11(13)15/h2-7,19H,1H3,(H,18,20). The van der Waals surface area contributed by atoms with Gasteiger partial charge in [0, 0.05) is 11.4 Å². The molecular formula is C14H11BrClFN2O3S. The van der Waals surface area contributed by atoms with E-state index in [0.29, 0.717) is 5.69 Å². The lowest BCUT2D eigenvalue weighted by molar-refractivity contribution is -0.114. The van der Waals surface area contributed by atoms with Crippen molar-refractivity contribution in [1.29, 1.82) is 0 Å². The number of hydrogen-bond acceptors (Lipinski definition) is 3. The van der Waals surface area contributed by atoms with Gasteiger partial charge < -0.3 is 5.32 Å². The largest absolute Gasteiger partial charge is 0.325 e. The molecule has 2 aromatic rings. The molecule has 1 amide bonds. The van der Waals surface area contributed by atoms with Crippen LogP contribution in [0, 0.1) is 5.82 Å². The normalized spacial score (nSPS) is 11.1. The molecule has 0 aliphatic heterocycles. The van der Waals surface area contributed by atoms with Crippen LogP contribution in [0.2, 0.25) is 5.02 Å². The maximum Gasteiger partial charge on any atom is 0.261 e. The molecule has 0 aliphatic rings. The van der Waals surface area contributed by atoms with Gasteiger partial charge in [-0.1, -0.05) is 11.6 Å². The third-order valence-electron chi connectivity index (χ3n) is 2.74. The number of carbonyl (C=O) groups excluding carboxylic acids is 1. The van der Waals surface area contributed by atoms with Gasteiger partial charge in [-0.25, -0.2) is 12.8 Å². The molecule has 2 N–H and O–H groups in total. The van der Waals surface area contributed by atoms with E-state index >= 15 is 0 Å². The Bertz CT molecular complexity index is 874. The van der Waals surface area contributed by atoms with Gasteiger partial charge in [-0.05, 0) is 52.3 Å². The Morgan fingerprint density at radius 3 is 2.39 bits per heavy atom. The van der Waals surface area contributed by atoms with Crippen LogP contribution in [0.15, 0.2) is 45.8 Å². The molecule has 0 bridgehead atoms. The molecule has 0 fully saturated rings. The lowest BCUT2D eigenvalue weighted by Gasteiger charge is -2.11. The van der Waals surface area contributed by atoms with Crippen LogP contribution < -0.4 is 10.0 Å². The van der Waals surface area contributed by atoms with Gasteiger partial charge in [-0.15, -0.1) is 0 Å². The maximum absolute atomic E-state index is 13.0. The second kappa shape index (κ2) is 6.86. The second-order valence-electron chi connectivity index (χ2n) is 4.55. The molecule has 122 valence electrons. The molecule has 0 saturated heterocycles. The zero-order valence-corrected chi connectivity index (χ0v) is 14.9. The highest BCUT2D eigenvalue weighted by Crippen LogP contribution is 2.29. The fraction of sp³-hybridized carbons (Fsp3) is 0.0714. The number of amides is 1. The van der Waals surface area contributed by atoms with Crippen LogP contribution in [0.4, 0.5) is 15.8 Å². The van der Waals surface area contributed by atoms with Crippen molar-refractivity contribution >= 4 is 54.8 Å². The SMILES string of the molecule is CC(=O)Nc1ccc(S(=O)(=O)Nc2ccc(F)cc2Br)cc1Cl.